The van der Waals surface area contributed by atoms with E-state index >= 15 is 0 Å². The minimum absolute atomic E-state index is 0.232. The standard InChI is InChI=1S/C21H19N3O2S2.C9H12N2/c22-13-17-8-9-20-18(11-17)15-24(28(25,26)21-7-4-10-27-21)19(14-23-20)12-16-5-2-1-3-6-16;1-2-4-9-8(3-1)7-10-5-6-11-9/h1-11,19,23H,12,14-15H2;1-4,10-11H,5-7H2. The molecule has 0 saturated heterocycles. The Hall–Kier alpha value is -3.68. The van der Waals surface area contributed by atoms with Gasteiger partial charge in [0.2, 0.25) is 0 Å². The molecule has 7 nitrogen and oxygen atoms in total. The number of nitrogens with one attached hydrogen (secondary N) is 3. The predicted octanol–water partition coefficient (Wildman–Crippen LogP) is 5.05. The van der Waals surface area contributed by atoms with Crippen LogP contribution in [0.4, 0.5) is 11.4 Å². The van der Waals surface area contributed by atoms with E-state index in [0.717, 1.165) is 36.4 Å². The third-order valence-corrected chi connectivity index (χ3v) is 10.1. The molecule has 0 bridgehead atoms. The van der Waals surface area contributed by atoms with Crippen molar-refractivity contribution in [2.45, 2.75) is 29.8 Å². The number of para-hydroxylation sites is 1. The Morgan fingerprint density at radius 1 is 0.897 bits per heavy atom. The molecule has 0 fully saturated rings. The molecule has 39 heavy (non-hydrogen) atoms. The van der Waals surface area contributed by atoms with Gasteiger partial charge < -0.3 is 16.0 Å². The predicted molar refractivity (Wildman–Crippen MR) is 157 cm³/mol. The molecule has 3 heterocycles. The molecule has 0 radical (unpaired) electrons. The van der Waals surface area contributed by atoms with Crippen molar-refractivity contribution in [1.29, 1.82) is 5.26 Å². The van der Waals surface area contributed by atoms with Crippen molar-refractivity contribution in [3.05, 3.63) is 113 Å². The van der Waals surface area contributed by atoms with Gasteiger partial charge in [-0.2, -0.15) is 9.57 Å². The molecule has 9 heteroatoms. The van der Waals surface area contributed by atoms with Gasteiger partial charge in [0.1, 0.15) is 4.21 Å². The van der Waals surface area contributed by atoms with Crippen LogP contribution in [0.1, 0.15) is 22.3 Å². The summed E-state index contributed by atoms with van der Waals surface area (Å²) in [5.74, 6) is 0. The van der Waals surface area contributed by atoms with Crippen LogP contribution >= 0.6 is 11.3 Å². The van der Waals surface area contributed by atoms with E-state index < -0.39 is 10.0 Å². The molecular weight excluding hydrogens is 526 g/mol. The zero-order chi connectivity index (χ0) is 27.1. The summed E-state index contributed by atoms with van der Waals surface area (Å²) in [7, 11) is -3.64. The van der Waals surface area contributed by atoms with E-state index in [4.69, 9.17) is 0 Å². The maximum Gasteiger partial charge on any atom is 0.253 e. The molecule has 6 rings (SSSR count). The monoisotopic (exact) mass is 557 g/mol. The van der Waals surface area contributed by atoms with E-state index in [-0.39, 0.29) is 12.6 Å². The highest BCUT2D eigenvalue weighted by atomic mass is 32.2. The lowest BCUT2D eigenvalue weighted by Crippen LogP contribution is -2.43. The summed E-state index contributed by atoms with van der Waals surface area (Å²) in [6, 6.07) is 29.0. The Kier molecular flexibility index (Phi) is 8.59. The molecule has 2 aliphatic rings. The van der Waals surface area contributed by atoms with Gasteiger partial charge in [-0.3, -0.25) is 0 Å². The summed E-state index contributed by atoms with van der Waals surface area (Å²) in [6.45, 7) is 3.79. The highest BCUT2D eigenvalue weighted by molar-refractivity contribution is 7.91. The van der Waals surface area contributed by atoms with Crippen LogP contribution in [0.15, 0.2) is 94.5 Å². The third kappa shape index (κ3) is 6.49. The van der Waals surface area contributed by atoms with Crippen molar-refractivity contribution in [2.24, 2.45) is 0 Å². The highest BCUT2D eigenvalue weighted by Crippen LogP contribution is 2.31. The van der Waals surface area contributed by atoms with Gasteiger partial charge in [0.05, 0.1) is 11.6 Å². The molecule has 2 aliphatic heterocycles. The third-order valence-electron chi connectivity index (χ3n) is 6.82. The fourth-order valence-electron chi connectivity index (χ4n) is 4.82. The highest BCUT2D eigenvalue weighted by Gasteiger charge is 2.34. The number of sulfonamides is 1. The number of thiophene rings is 1. The molecule has 0 amide bonds. The Morgan fingerprint density at radius 2 is 1.69 bits per heavy atom. The SMILES string of the molecule is N#Cc1ccc2c(c1)CN(S(=O)(=O)c1cccs1)C(Cc1ccccc1)CN2.c1ccc2c(c1)CNCCN2. The summed E-state index contributed by atoms with van der Waals surface area (Å²) in [6.07, 6.45) is 0.609. The van der Waals surface area contributed by atoms with Crippen LogP contribution in [0.3, 0.4) is 0 Å². The van der Waals surface area contributed by atoms with E-state index in [2.05, 4.69) is 46.3 Å². The first-order chi connectivity index (χ1) is 19.0. The van der Waals surface area contributed by atoms with Crippen LogP contribution in [0.25, 0.3) is 0 Å². The Bertz CT molecular complexity index is 1510. The first kappa shape index (κ1) is 26.9. The molecular formula is C30H31N5O2S2. The molecule has 1 unspecified atom stereocenters. The van der Waals surface area contributed by atoms with Gasteiger partial charge in [-0.15, -0.1) is 11.3 Å². The maximum atomic E-state index is 13.4. The fourth-order valence-corrected chi connectivity index (χ4v) is 7.54. The molecule has 0 aliphatic carbocycles. The van der Waals surface area contributed by atoms with Gasteiger partial charge in [0, 0.05) is 50.1 Å². The van der Waals surface area contributed by atoms with Crippen molar-refractivity contribution < 1.29 is 8.42 Å². The lowest BCUT2D eigenvalue weighted by Gasteiger charge is -2.28. The van der Waals surface area contributed by atoms with Crippen LogP contribution in [0, 0.1) is 11.3 Å². The van der Waals surface area contributed by atoms with Gasteiger partial charge in [-0.1, -0.05) is 54.6 Å². The van der Waals surface area contributed by atoms with Gasteiger partial charge in [0.15, 0.2) is 0 Å². The topological polar surface area (TPSA) is 97.3 Å². The lowest BCUT2D eigenvalue weighted by atomic mass is 10.1. The normalized spacial score (nSPS) is 16.9. The van der Waals surface area contributed by atoms with Crippen molar-refractivity contribution in [2.75, 3.05) is 30.3 Å². The molecule has 1 aromatic heterocycles. The maximum absolute atomic E-state index is 13.4. The van der Waals surface area contributed by atoms with E-state index in [9.17, 15) is 13.7 Å². The average molecular weight is 558 g/mol. The second-order valence-electron chi connectivity index (χ2n) is 9.45. The number of anilines is 2. The number of hydrogen-bond acceptors (Lipinski definition) is 7. The Labute approximate surface area is 234 Å². The first-order valence-corrected chi connectivity index (χ1v) is 15.3. The summed E-state index contributed by atoms with van der Waals surface area (Å²) >= 11 is 1.23. The molecule has 0 saturated carbocycles. The van der Waals surface area contributed by atoms with E-state index in [0.29, 0.717) is 22.7 Å². The van der Waals surface area contributed by atoms with E-state index in [1.165, 1.54) is 22.6 Å². The van der Waals surface area contributed by atoms with Crippen molar-refractivity contribution >= 4 is 32.7 Å². The molecule has 200 valence electrons. The van der Waals surface area contributed by atoms with Crippen LogP contribution in [-0.2, 0) is 29.5 Å². The number of fused-ring (bicyclic) bond motifs is 2. The van der Waals surface area contributed by atoms with Gasteiger partial charge >= 0.3 is 0 Å². The number of hydrogen-bond donors (Lipinski definition) is 3. The molecule has 1 atom stereocenters. The van der Waals surface area contributed by atoms with Crippen LogP contribution in [0.2, 0.25) is 0 Å². The van der Waals surface area contributed by atoms with Gasteiger partial charge in [0.25, 0.3) is 10.0 Å². The zero-order valence-electron chi connectivity index (χ0n) is 21.5. The van der Waals surface area contributed by atoms with Crippen LogP contribution in [-0.4, -0.2) is 38.4 Å². The van der Waals surface area contributed by atoms with Crippen LogP contribution < -0.4 is 16.0 Å². The molecule has 0 spiro atoms. The second kappa shape index (κ2) is 12.5. The summed E-state index contributed by atoms with van der Waals surface area (Å²) in [4.78, 5) is 0. The van der Waals surface area contributed by atoms with Gasteiger partial charge in [-0.05, 0) is 58.8 Å². The largest absolute Gasteiger partial charge is 0.384 e. The molecule has 3 aromatic carbocycles. The first-order valence-electron chi connectivity index (χ1n) is 12.9. The molecule has 4 aromatic rings. The minimum atomic E-state index is -3.64. The summed E-state index contributed by atoms with van der Waals surface area (Å²) < 4.78 is 28.7. The van der Waals surface area contributed by atoms with E-state index in [1.54, 1.807) is 34.0 Å². The minimum Gasteiger partial charge on any atom is -0.384 e. The quantitative estimate of drug-likeness (QED) is 0.325. The van der Waals surface area contributed by atoms with E-state index in [1.807, 2.05) is 36.4 Å². The molecule has 3 N–H and O–H groups in total. The fraction of sp³-hybridized carbons (Fsp3) is 0.233. The van der Waals surface area contributed by atoms with Crippen LogP contribution in [0.5, 0.6) is 0 Å². The van der Waals surface area contributed by atoms with Crippen molar-refractivity contribution in [3.63, 3.8) is 0 Å². The van der Waals surface area contributed by atoms with Gasteiger partial charge in [-0.25, -0.2) is 8.42 Å². The Balaban J connectivity index is 0.000000233. The lowest BCUT2D eigenvalue weighted by molar-refractivity contribution is 0.326. The summed E-state index contributed by atoms with van der Waals surface area (Å²) in [5, 5.41) is 21.1. The number of benzene rings is 3. The summed E-state index contributed by atoms with van der Waals surface area (Å²) in [5.41, 5.74) is 5.94. The number of nitrogens with zero attached hydrogens (tertiary/aromatic N) is 2. The Morgan fingerprint density at radius 3 is 2.49 bits per heavy atom. The average Bonchev–Trinajstić information content (AvgIpc) is 3.33. The van der Waals surface area contributed by atoms with Crippen molar-refractivity contribution in [1.82, 2.24) is 9.62 Å². The second-order valence-corrected chi connectivity index (χ2v) is 12.5. The zero-order valence-corrected chi connectivity index (χ0v) is 23.1. The number of nitriles is 1. The smallest absolute Gasteiger partial charge is 0.253 e. The van der Waals surface area contributed by atoms with Crippen molar-refractivity contribution in [3.8, 4) is 6.07 Å². The number of rotatable bonds is 4.